The molecule has 0 saturated carbocycles. The highest BCUT2D eigenvalue weighted by Crippen LogP contribution is 2.27. The number of benzene rings is 1. The molecule has 0 aliphatic rings. The number of aryl methyl sites for hydroxylation is 1. The smallest absolute Gasteiger partial charge is 0.259 e. The molecule has 0 saturated heterocycles. The summed E-state index contributed by atoms with van der Waals surface area (Å²) in [7, 11) is 1.48. The largest absolute Gasteiger partial charge is 0.484 e. The van der Waals surface area contributed by atoms with Crippen LogP contribution in [0.25, 0.3) is 11.0 Å². The second-order valence-electron chi connectivity index (χ2n) is 6.63. The number of carbonyl (C=O) groups is 1. The fourth-order valence-corrected chi connectivity index (χ4v) is 3.10. The Bertz CT molecular complexity index is 1260. The number of methoxy groups -OCH3 is 1. The number of anilines is 1. The molecule has 0 fully saturated rings. The number of rotatable bonds is 6. The van der Waals surface area contributed by atoms with Gasteiger partial charge in [-0.3, -0.25) is 14.9 Å². The van der Waals surface area contributed by atoms with Gasteiger partial charge in [0.1, 0.15) is 6.61 Å². The molecule has 0 atom stereocenters. The van der Waals surface area contributed by atoms with Crippen molar-refractivity contribution in [2.75, 3.05) is 12.4 Å². The zero-order chi connectivity index (χ0) is 22.0. The Hall–Kier alpha value is -3.72. The molecule has 10 heteroatoms. The average Bonchev–Trinajstić information content (AvgIpc) is 3.17. The summed E-state index contributed by atoms with van der Waals surface area (Å²) in [5.74, 6) is -1.11. The van der Waals surface area contributed by atoms with Gasteiger partial charge in [-0.05, 0) is 36.8 Å². The van der Waals surface area contributed by atoms with Crippen LogP contribution in [0.15, 0.2) is 42.7 Å². The first-order valence-electron chi connectivity index (χ1n) is 9.18. The predicted octanol–water partition coefficient (Wildman–Crippen LogP) is 4.29. The maximum Gasteiger partial charge on any atom is 0.259 e. The van der Waals surface area contributed by atoms with Gasteiger partial charge in [-0.2, -0.15) is 0 Å². The highest BCUT2D eigenvalue weighted by Gasteiger charge is 2.20. The second kappa shape index (κ2) is 8.57. The van der Waals surface area contributed by atoms with Gasteiger partial charge in [0, 0.05) is 6.20 Å². The van der Waals surface area contributed by atoms with Gasteiger partial charge in [0.05, 0.1) is 40.7 Å². The summed E-state index contributed by atoms with van der Waals surface area (Å²) >= 11 is 5.81. The van der Waals surface area contributed by atoms with Gasteiger partial charge < -0.3 is 14.8 Å². The molecule has 0 unspecified atom stereocenters. The number of nitrogens with zero attached hydrogens (tertiary/aromatic N) is 3. The van der Waals surface area contributed by atoms with E-state index in [1.54, 1.807) is 31.2 Å². The van der Waals surface area contributed by atoms with E-state index in [-0.39, 0.29) is 17.9 Å². The van der Waals surface area contributed by atoms with Gasteiger partial charge in [0.15, 0.2) is 17.2 Å². The quantitative estimate of drug-likeness (QED) is 0.462. The fourth-order valence-electron chi connectivity index (χ4n) is 2.99. The van der Waals surface area contributed by atoms with Crippen LogP contribution in [-0.4, -0.2) is 33.2 Å². The molecule has 0 spiro atoms. The molecule has 0 radical (unpaired) electrons. The van der Waals surface area contributed by atoms with E-state index in [2.05, 4.69) is 25.5 Å². The molecule has 1 amide bonds. The van der Waals surface area contributed by atoms with Crippen LogP contribution in [0.4, 0.5) is 10.1 Å². The van der Waals surface area contributed by atoms with Crippen molar-refractivity contribution >= 4 is 34.2 Å². The summed E-state index contributed by atoms with van der Waals surface area (Å²) in [6.45, 7) is 1.67. The molecular weight excluding hydrogens is 425 g/mol. The molecule has 8 nitrogen and oxygen atoms in total. The van der Waals surface area contributed by atoms with E-state index in [0.29, 0.717) is 38.9 Å². The lowest BCUT2D eigenvalue weighted by molar-refractivity contribution is 0.102. The standard InChI is InChI=1S/C21H17ClFN5O3/c1-11-3-6-16(31-10-13-5-4-12(22)8-24-13)18(23)17(11)20(29)26-14-7-15-19(25-9-14)27-28-21(15)30-2/h3-9H,10H2,1-2H3,(H,26,29)(H,25,27,28). The minimum atomic E-state index is -0.763. The number of amides is 1. The Morgan fingerprint density at radius 3 is 2.81 bits per heavy atom. The molecule has 158 valence electrons. The van der Waals surface area contributed by atoms with Crippen molar-refractivity contribution in [3.05, 3.63) is 70.4 Å². The minimum absolute atomic E-state index is 0.0269. The lowest BCUT2D eigenvalue weighted by Gasteiger charge is -2.13. The van der Waals surface area contributed by atoms with Crippen LogP contribution in [0.1, 0.15) is 21.6 Å². The Morgan fingerprint density at radius 1 is 1.23 bits per heavy atom. The Kier molecular flexibility index (Phi) is 5.68. The fraction of sp³-hybridized carbons (Fsp3) is 0.143. The van der Waals surface area contributed by atoms with Gasteiger partial charge in [0.25, 0.3) is 5.91 Å². The average molecular weight is 442 g/mol. The second-order valence-corrected chi connectivity index (χ2v) is 7.07. The lowest BCUT2D eigenvalue weighted by Crippen LogP contribution is -2.16. The molecule has 0 aliphatic heterocycles. The summed E-state index contributed by atoms with van der Waals surface area (Å²) in [5.41, 5.74) is 1.78. The number of carbonyl (C=O) groups excluding carboxylic acids is 1. The number of nitrogens with one attached hydrogen (secondary N) is 2. The van der Waals surface area contributed by atoms with Crippen LogP contribution in [0.2, 0.25) is 5.02 Å². The summed E-state index contributed by atoms with van der Waals surface area (Å²) in [4.78, 5) is 21.1. The van der Waals surface area contributed by atoms with Gasteiger partial charge >= 0.3 is 0 Å². The van der Waals surface area contributed by atoms with Crippen LogP contribution in [0.3, 0.4) is 0 Å². The van der Waals surface area contributed by atoms with Crippen molar-refractivity contribution in [3.8, 4) is 11.6 Å². The maximum atomic E-state index is 15.1. The topological polar surface area (TPSA) is 102 Å². The van der Waals surface area contributed by atoms with Crippen molar-refractivity contribution in [2.24, 2.45) is 0 Å². The number of hydrogen-bond acceptors (Lipinski definition) is 6. The summed E-state index contributed by atoms with van der Waals surface area (Å²) in [6.07, 6.45) is 2.92. The number of pyridine rings is 2. The first-order chi connectivity index (χ1) is 15.0. The van der Waals surface area contributed by atoms with Crippen LogP contribution in [-0.2, 0) is 6.61 Å². The molecule has 0 aliphatic carbocycles. The lowest BCUT2D eigenvalue weighted by atomic mass is 10.1. The minimum Gasteiger partial charge on any atom is -0.484 e. The van der Waals surface area contributed by atoms with E-state index >= 15 is 4.39 Å². The zero-order valence-corrected chi connectivity index (χ0v) is 17.3. The Labute approximate surface area is 181 Å². The number of H-pyrrole nitrogens is 1. The summed E-state index contributed by atoms with van der Waals surface area (Å²) in [5, 5.41) is 10.4. The van der Waals surface area contributed by atoms with Crippen molar-refractivity contribution in [1.29, 1.82) is 0 Å². The maximum absolute atomic E-state index is 15.1. The first-order valence-corrected chi connectivity index (χ1v) is 9.56. The van der Waals surface area contributed by atoms with Crippen LogP contribution in [0.5, 0.6) is 11.6 Å². The molecule has 4 rings (SSSR count). The summed E-state index contributed by atoms with van der Waals surface area (Å²) in [6, 6.07) is 8.07. The third kappa shape index (κ3) is 4.26. The number of ether oxygens (including phenoxy) is 2. The number of fused-ring (bicyclic) bond motifs is 1. The molecule has 1 aromatic carbocycles. The van der Waals surface area contributed by atoms with Crippen molar-refractivity contribution in [1.82, 2.24) is 20.2 Å². The number of hydrogen-bond donors (Lipinski definition) is 2. The van der Waals surface area contributed by atoms with Crippen molar-refractivity contribution < 1.29 is 18.7 Å². The van der Waals surface area contributed by atoms with Gasteiger partial charge in [-0.15, -0.1) is 5.10 Å². The van der Waals surface area contributed by atoms with E-state index in [1.807, 2.05) is 0 Å². The molecule has 4 aromatic rings. The van der Waals surface area contributed by atoms with Gasteiger partial charge in [-0.25, -0.2) is 9.37 Å². The van der Waals surface area contributed by atoms with E-state index in [0.717, 1.165) is 0 Å². The van der Waals surface area contributed by atoms with Crippen molar-refractivity contribution in [3.63, 3.8) is 0 Å². The van der Waals surface area contributed by atoms with Gasteiger partial charge in [0.2, 0.25) is 5.88 Å². The third-order valence-corrected chi connectivity index (χ3v) is 4.76. The Morgan fingerprint density at radius 2 is 2.06 bits per heavy atom. The zero-order valence-electron chi connectivity index (χ0n) is 16.6. The first kappa shape index (κ1) is 20.5. The molecule has 2 N–H and O–H groups in total. The van der Waals surface area contributed by atoms with E-state index < -0.39 is 11.7 Å². The van der Waals surface area contributed by atoms with E-state index in [9.17, 15) is 4.79 Å². The molecule has 31 heavy (non-hydrogen) atoms. The molecular formula is C21H17ClFN5O3. The molecule has 0 bridgehead atoms. The van der Waals surface area contributed by atoms with Gasteiger partial charge in [-0.1, -0.05) is 17.7 Å². The molecule has 3 heterocycles. The summed E-state index contributed by atoms with van der Waals surface area (Å²) < 4.78 is 25.8. The van der Waals surface area contributed by atoms with Crippen LogP contribution >= 0.6 is 11.6 Å². The monoisotopic (exact) mass is 441 g/mol. The predicted molar refractivity (Wildman–Crippen MR) is 113 cm³/mol. The number of aromatic nitrogens is 4. The number of halogens is 2. The highest BCUT2D eigenvalue weighted by atomic mass is 35.5. The van der Waals surface area contributed by atoms with E-state index in [4.69, 9.17) is 21.1 Å². The molecule has 3 aromatic heterocycles. The number of aromatic amines is 1. The van der Waals surface area contributed by atoms with Crippen molar-refractivity contribution in [2.45, 2.75) is 13.5 Å². The SMILES string of the molecule is COc1n[nH]c2ncc(NC(=O)c3c(C)ccc(OCc4ccc(Cl)cn4)c3F)cc12. The van der Waals surface area contributed by atoms with Crippen LogP contribution < -0.4 is 14.8 Å². The van der Waals surface area contributed by atoms with E-state index in [1.165, 1.54) is 25.6 Å². The third-order valence-electron chi connectivity index (χ3n) is 4.54. The normalized spacial score (nSPS) is 10.8. The highest BCUT2D eigenvalue weighted by molar-refractivity contribution is 6.30. The Balaban J connectivity index is 1.56. The van der Waals surface area contributed by atoms with Crippen LogP contribution in [0, 0.1) is 12.7 Å².